The summed E-state index contributed by atoms with van der Waals surface area (Å²) in [5.74, 6) is 0.131. The summed E-state index contributed by atoms with van der Waals surface area (Å²) in [5.41, 5.74) is 0.985. The molecule has 0 amide bonds. The number of benzene rings is 2. The first-order chi connectivity index (χ1) is 9.94. The molecule has 0 unspecified atom stereocenters. The van der Waals surface area contributed by atoms with E-state index in [0.717, 1.165) is 5.56 Å². The van der Waals surface area contributed by atoms with E-state index in [2.05, 4.69) is 0 Å². The van der Waals surface area contributed by atoms with Crippen LogP contribution in [-0.4, -0.2) is 11.1 Å². The van der Waals surface area contributed by atoms with Gasteiger partial charge in [0.25, 0.3) is 0 Å². The number of halogens is 2. The number of carboxylic acids is 1. The van der Waals surface area contributed by atoms with Crippen LogP contribution in [0, 0.1) is 0 Å². The van der Waals surface area contributed by atoms with Gasteiger partial charge in [0.1, 0.15) is 11.5 Å². The molecule has 0 aliphatic heterocycles. The third kappa shape index (κ3) is 4.52. The molecule has 0 atom stereocenters. The summed E-state index contributed by atoms with van der Waals surface area (Å²) in [6.07, 6.45) is 1.57. The van der Waals surface area contributed by atoms with Gasteiger partial charge in [-0.3, -0.25) is 0 Å². The van der Waals surface area contributed by atoms with Gasteiger partial charge in [-0.2, -0.15) is 0 Å². The van der Waals surface area contributed by atoms with E-state index in [4.69, 9.17) is 33.0 Å². The molecule has 0 aliphatic rings. The highest BCUT2D eigenvalue weighted by Crippen LogP contribution is 2.29. The van der Waals surface area contributed by atoms with Crippen molar-refractivity contribution >= 4 is 35.2 Å². The average molecular weight is 323 g/mol. The van der Waals surface area contributed by atoms with E-state index in [1.54, 1.807) is 48.5 Å². The second-order valence-electron chi connectivity index (χ2n) is 4.41. The highest BCUT2D eigenvalue weighted by molar-refractivity contribution is 6.34. The molecular weight excluding hydrogens is 311 g/mol. The molecule has 0 saturated carbocycles. The second-order valence-corrected chi connectivity index (χ2v) is 5.29. The van der Waals surface area contributed by atoms with Gasteiger partial charge in [0.15, 0.2) is 0 Å². The Labute approximate surface area is 132 Å². The molecule has 0 heterocycles. The van der Waals surface area contributed by atoms with Crippen LogP contribution >= 0.6 is 23.2 Å². The molecule has 0 saturated heterocycles. The molecule has 21 heavy (non-hydrogen) atoms. The van der Waals surface area contributed by atoms with Crippen LogP contribution < -0.4 is 4.74 Å². The van der Waals surface area contributed by atoms with E-state index < -0.39 is 5.97 Å². The van der Waals surface area contributed by atoms with Crippen LogP contribution in [0.3, 0.4) is 0 Å². The summed E-state index contributed by atoms with van der Waals surface area (Å²) in [4.78, 5) is 10.8. The number of carboxylic acid groups (broad SMARTS) is 1. The fourth-order valence-corrected chi connectivity index (χ4v) is 2.21. The second kappa shape index (κ2) is 6.66. The van der Waals surface area contributed by atoms with Gasteiger partial charge >= 0.3 is 5.97 Å². The molecule has 3 nitrogen and oxygen atoms in total. The third-order valence-corrected chi connectivity index (χ3v) is 3.09. The first kappa shape index (κ1) is 15.4. The average Bonchev–Trinajstić information content (AvgIpc) is 2.37. The van der Waals surface area contributed by atoms with E-state index in [-0.39, 0.29) is 5.57 Å². The van der Waals surface area contributed by atoms with Gasteiger partial charge in [-0.1, -0.05) is 35.3 Å². The molecule has 0 aromatic heterocycles. The summed E-state index contributed by atoms with van der Waals surface area (Å²) in [6, 6.07) is 12.0. The lowest BCUT2D eigenvalue weighted by Gasteiger charge is -2.07. The minimum absolute atomic E-state index is 0.248. The van der Waals surface area contributed by atoms with Crippen molar-refractivity contribution in [1.82, 2.24) is 0 Å². The Bertz CT molecular complexity index is 688. The smallest absolute Gasteiger partial charge is 0.331 e. The highest BCUT2D eigenvalue weighted by Gasteiger charge is 2.03. The number of ether oxygens (including phenoxy) is 1. The van der Waals surface area contributed by atoms with E-state index in [1.807, 2.05) is 0 Å². The van der Waals surface area contributed by atoms with Crippen molar-refractivity contribution in [3.8, 4) is 11.5 Å². The maximum atomic E-state index is 10.8. The molecule has 0 bridgehead atoms. The van der Waals surface area contributed by atoms with E-state index in [0.29, 0.717) is 21.5 Å². The van der Waals surface area contributed by atoms with Gasteiger partial charge < -0.3 is 9.84 Å². The van der Waals surface area contributed by atoms with Gasteiger partial charge in [0.05, 0.1) is 0 Å². The Balaban J connectivity index is 2.25. The number of hydrogen-bond donors (Lipinski definition) is 1. The number of carbonyl (C=O) groups is 1. The molecule has 0 radical (unpaired) electrons. The molecule has 0 spiro atoms. The molecule has 0 aliphatic carbocycles. The van der Waals surface area contributed by atoms with Crippen molar-refractivity contribution in [1.29, 1.82) is 0 Å². The fraction of sp³-hybridized carbons (Fsp3) is 0.0625. The fourth-order valence-electron chi connectivity index (χ4n) is 1.70. The zero-order valence-electron chi connectivity index (χ0n) is 11.1. The number of hydrogen-bond acceptors (Lipinski definition) is 2. The predicted octanol–water partition coefficient (Wildman–Crippen LogP) is 5.27. The quantitative estimate of drug-likeness (QED) is 0.779. The van der Waals surface area contributed by atoms with Crippen molar-refractivity contribution in [3.63, 3.8) is 0 Å². The lowest BCUT2D eigenvalue weighted by molar-refractivity contribution is -0.132. The summed E-state index contributed by atoms with van der Waals surface area (Å²) in [5, 5.41) is 9.84. The summed E-state index contributed by atoms with van der Waals surface area (Å²) >= 11 is 11.8. The first-order valence-corrected chi connectivity index (χ1v) is 6.85. The van der Waals surface area contributed by atoms with Crippen molar-refractivity contribution < 1.29 is 14.6 Å². The van der Waals surface area contributed by atoms with Gasteiger partial charge in [0.2, 0.25) is 0 Å². The Morgan fingerprint density at radius 3 is 2.38 bits per heavy atom. The molecule has 5 heteroatoms. The van der Waals surface area contributed by atoms with Gasteiger partial charge in [-0.15, -0.1) is 0 Å². The maximum Gasteiger partial charge on any atom is 0.331 e. The SMILES string of the molecule is C/C(=C\c1cccc(Oc2cc(Cl)cc(Cl)c2)c1)C(=O)O. The zero-order valence-corrected chi connectivity index (χ0v) is 12.7. The van der Waals surface area contributed by atoms with Gasteiger partial charge in [-0.25, -0.2) is 4.79 Å². The zero-order chi connectivity index (χ0) is 15.4. The highest BCUT2D eigenvalue weighted by atomic mass is 35.5. The van der Waals surface area contributed by atoms with Gasteiger partial charge in [0, 0.05) is 15.6 Å². The standard InChI is InChI=1S/C16H12Cl2O3/c1-10(16(19)20)5-11-3-2-4-14(6-11)21-15-8-12(17)7-13(18)9-15/h2-9H,1H3,(H,19,20)/b10-5+. The van der Waals surface area contributed by atoms with E-state index in [9.17, 15) is 4.79 Å². The van der Waals surface area contributed by atoms with Crippen LogP contribution in [0.15, 0.2) is 48.0 Å². The van der Waals surface area contributed by atoms with Crippen LogP contribution in [0.1, 0.15) is 12.5 Å². The number of rotatable bonds is 4. The summed E-state index contributed by atoms with van der Waals surface area (Å²) < 4.78 is 5.68. The largest absolute Gasteiger partial charge is 0.478 e. The Morgan fingerprint density at radius 1 is 1.10 bits per heavy atom. The Kier molecular flexibility index (Phi) is 4.89. The monoisotopic (exact) mass is 322 g/mol. The van der Waals surface area contributed by atoms with Crippen LogP contribution in [0.25, 0.3) is 6.08 Å². The van der Waals surface area contributed by atoms with E-state index in [1.165, 1.54) is 6.92 Å². The van der Waals surface area contributed by atoms with Crippen LogP contribution in [0.5, 0.6) is 11.5 Å². The first-order valence-electron chi connectivity index (χ1n) is 6.09. The number of aliphatic carboxylic acids is 1. The molecule has 2 rings (SSSR count). The predicted molar refractivity (Wildman–Crippen MR) is 84.3 cm³/mol. The summed E-state index contributed by atoms with van der Waals surface area (Å²) in [7, 11) is 0. The lowest BCUT2D eigenvalue weighted by atomic mass is 10.1. The van der Waals surface area contributed by atoms with Crippen LogP contribution in [0.4, 0.5) is 0 Å². The van der Waals surface area contributed by atoms with Crippen molar-refractivity contribution in [2.24, 2.45) is 0 Å². The van der Waals surface area contributed by atoms with Crippen molar-refractivity contribution in [3.05, 3.63) is 63.6 Å². The van der Waals surface area contributed by atoms with Gasteiger partial charge in [-0.05, 0) is 48.9 Å². The topological polar surface area (TPSA) is 46.5 Å². The minimum atomic E-state index is -0.956. The molecule has 2 aromatic carbocycles. The maximum absolute atomic E-state index is 10.8. The Morgan fingerprint density at radius 2 is 1.76 bits per heavy atom. The van der Waals surface area contributed by atoms with Crippen molar-refractivity contribution in [2.45, 2.75) is 6.92 Å². The van der Waals surface area contributed by atoms with Crippen LogP contribution in [-0.2, 0) is 4.79 Å². The molecule has 2 aromatic rings. The van der Waals surface area contributed by atoms with E-state index >= 15 is 0 Å². The lowest BCUT2D eigenvalue weighted by Crippen LogP contribution is -1.95. The Hall–Kier alpha value is -1.97. The molecule has 0 fully saturated rings. The normalized spacial score (nSPS) is 11.3. The molecule has 108 valence electrons. The summed E-state index contributed by atoms with van der Waals surface area (Å²) in [6.45, 7) is 1.53. The van der Waals surface area contributed by atoms with Crippen LogP contribution in [0.2, 0.25) is 10.0 Å². The van der Waals surface area contributed by atoms with Crippen molar-refractivity contribution in [2.75, 3.05) is 0 Å². The minimum Gasteiger partial charge on any atom is -0.478 e. The molecule has 1 N–H and O–H groups in total. The molecular formula is C16H12Cl2O3. The third-order valence-electron chi connectivity index (χ3n) is 2.65.